The molecule has 0 saturated carbocycles. The first kappa shape index (κ1) is 18.0. The summed E-state index contributed by atoms with van der Waals surface area (Å²) in [6.07, 6.45) is 2.55. The quantitative estimate of drug-likeness (QED) is 0.592. The average molecular weight is 345 g/mol. The molecule has 0 aromatic heterocycles. The number of ether oxygens (including phenoxy) is 1. The number of halogens is 1. The van der Waals surface area contributed by atoms with Gasteiger partial charge < -0.3 is 4.74 Å². The minimum Gasteiger partial charge on any atom is -0.494 e. The lowest BCUT2D eigenvalue weighted by Gasteiger charge is -2.08. The van der Waals surface area contributed by atoms with Crippen LogP contribution in [0.3, 0.4) is 0 Å². The van der Waals surface area contributed by atoms with Crippen molar-refractivity contribution < 1.29 is 9.53 Å². The highest BCUT2D eigenvalue weighted by Gasteiger charge is 2.04. The van der Waals surface area contributed by atoms with Gasteiger partial charge in [0.15, 0.2) is 0 Å². The van der Waals surface area contributed by atoms with Gasteiger partial charge in [-0.1, -0.05) is 37.6 Å². The van der Waals surface area contributed by atoms with Crippen LogP contribution >= 0.6 is 11.6 Å². The van der Waals surface area contributed by atoms with E-state index in [0.717, 1.165) is 17.7 Å². The lowest BCUT2D eigenvalue weighted by Crippen LogP contribution is -2.17. The summed E-state index contributed by atoms with van der Waals surface area (Å²) in [6.45, 7) is 4.98. The molecule has 0 spiro atoms. The molecule has 5 heteroatoms. The van der Waals surface area contributed by atoms with Gasteiger partial charge in [-0.3, -0.25) is 4.79 Å². The Hall–Kier alpha value is -2.33. The Bertz CT molecular complexity index is 697. The van der Waals surface area contributed by atoms with Crippen LogP contribution in [0.25, 0.3) is 0 Å². The van der Waals surface area contributed by atoms with E-state index in [4.69, 9.17) is 16.3 Å². The normalized spacial score (nSPS) is 11.0. The van der Waals surface area contributed by atoms with Crippen LogP contribution in [0.4, 0.5) is 0 Å². The zero-order chi connectivity index (χ0) is 17.4. The maximum Gasteiger partial charge on any atom is 0.271 e. The van der Waals surface area contributed by atoms with E-state index in [0.29, 0.717) is 23.1 Å². The second kappa shape index (κ2) is 9.08. The van der Waals surface area contributed by atoms with E-state index in [1.165, 1.54) is 0 Å². The van der Waals surface area contributed by atoms with E-state index in [2.05, 4.69) is 24.4 Å². The van der Waals surface area contributed by atoms with Crippen LogP contribution in [0.15, 0.2) is 53.6 Å². The Labute approximate surface area is 147 Å². The largest absolute Gasteiger partial charge is 0.494 e. The van der Waals surface area contributed by atoms with Crippen molar-refractivity contribution in [2.45, 2.75) is 20.3 Å². The first-order chi connectivity index (χ1) is 11.5. The number of hydrogen-bond donors (Lipinski definition) is 1. The number of hydrazone groups is 1. The zero-order valence-corrected chi connectivity index (χ0v) is 14.6. The van der Waals surface area contributed by atoms with Crippen LogP contribution in [0.1, 0.15) is 36.2 Å². The molecule has 1 amide bonds. The van der Waals surface area contributed by atoms with E-state index in [1.54, 1.807) is 42.6 Å². The van der Waals surface area contributed by atoms with E-state index < -0.39 is 0 Å². The summed E-state index contributed by atoms with van der Waals surface area (Å²) < 4.78 is 5.63. The zero-order valence-electron chi connectivity index (χ0n) is 13.8. The number of carbonyl (C=O) groups excluding carboxylic acids is 1. The summed E-state index contributed by atoms with van der Waals surface area (Å²) in [5.41, 5.74) is 3.83. The highest BCUT2D eigenvalue weighted by atomic mass is 35.5. The minimum atomic E-state index is -0.276. The Kier molecular flexibility index (Phi) is 6.82. The van der Waals surface area contributed by atoms with Crippen molar-refractivity contribution in [2.24, 2.45) is 11.0 Å². The second-order valence-corrected chi connectivity index (χ2v) is 6.25. The molecule has 0 unspecified atom stereocenters. The van der Waals surface area contributed by atoms with Crippen LogP contribution in [0.2, 0.25) is 5.02 Å². The number of nitrogens with one attached hydrogen (secondary N) is 1. The first-order valence-corrected chi connectivity index (χ1v) is 8.24. The first-order valence-electron chi connectivity index (χ1n) is 7.86. The molecule has 126 valence electrons. The molecule has 2 aromatic carbocycles. The third-order valence-electron chi connectivity index (χ3n) is 3.31. The number of benzene rings is 2. The van der Waals surface area contributed by atoms with Crippen molar-refractivity contribution in [1.29, 1.82) is 0 Å². The van der Waals surface area contributed by atoms with E-state index >= 15 is 0 Å². The predicted molar refractivity (Wildman–Crippen MR) is 97.9 cm³/mol. The molecular weight excluding hydrogens is 324 g/mol. The summed E-state index contributed by atoms with van der Waals surface area (Å²) in [5, 5.41) is 4.56. The summed E-state index contributed by atoms with van der Waals surface area (Å²) in [5.74, 6) is 1.09. The van der Waals surface area contributed by atoms with Crippen LogP contribution < -0.4 is 10.2 Å². The van der Waals surface area contributed by atoms with Crippen molar-refractivity contribution in [1.82, 2.24) is 5.43 Å². The average Bonchev–Trinajstić information content (AvgIpc) is 2.55. The summed E-state index contributed by atoms with van der Waals surface area (Å²) in [4.78, 5) is 12.0. The van der Waals surface area contributed by atoms with Gasteiger partial charge in [-0.15, -0.1) is 0 Å². The molecule has 0 aliphatic heterocycles. The molecule has 0 bridgehead atoms. The van der Waals surface area contributed by atoms with Crippen LogP contribution in [-0.4, -0.2) is 18.7 Å². The molecule has 0 aliphatic carbocycles. The molecular formula is C19H21ClN2O2. The van der Waals surface area contributed by atoms with E-state index in [-0.39, 0.29) is 5.91 Å². The van der Waals surface area contributed by atoms with Gasteiger partial charge in [0.25, 0.3) is 5.91 Å². The van der Waals surface area contributed by atoms with Crippen LogP contribution in [0.5, 0.6) is 5.75 Å². The lowest BCUT2D eigenvalue weighted by atomic mass is 10.1. The van der Waals surface area contributed by atoms with Gasteiger partial charge in [0.2, 0.25) is 0 Å². The van der Waals surface area contributed by atoms with Crippen molar-refractivity contribution in [3.8, 4) is 5.75 Å². The number of rotatable bonds is 7. The van der Waals surface area contributed by atoms with Crippen LogP contribution in [0, 0.1) is 5.92 Å². The fourth-order valence-corrected chi connectivity index (χ4v) is 2.13. The van der Waals surface area contributed by atoms with Crippen molar-refractivity contribution in [3.05, 3.63) is 64.7 Å². The predicted octanol–water partition coefficient (Wildman–Crippen LogP) is 4.53. The summed E-state index contributed by atoms with van der Waals surface area (Å²) in [7, 11) is 0. The molecule has 0 aliphatic rings. The van der Waals surface area contributed by atoms with Crippen molar-refractivity contribution in [3.63, 3.8) is 0 Å². The Morgan fingerprint density at radius 3 is 2.67 bits per heavy atom. The van der Waals surface area contributed by atoms with Gasteiger partial charge >= 0.3 is 0 Å². The molecule has 2 aromatic rings. The van der Waals surface area contributed by atoms with E-state index in [1.807, 2.05) is 12.1 Å². The van der Waals surface area contributed by atoms with Crippen LogP contribution in [-0.2, 0) is 0 Å². The molecule has 0 atom stereocenters. The molecule has 0 saturated heterocycles. The van der Waals surface area contributed by atoms with Gasteiger partial charge in [-0.25, -0.2) is 5.43 Å². The third-order valence-corrected chi connectivity index (χ3v) is 3.54. The number of nitrogens with zero attached hydrogens (tertiary/aromatic N) is 1. The number of hydrogen-bond acceptors (Lipinski definition) is 3. The monoisotopic (exact) mass is 344 g/mol. The van der Waals surface area contributed by atoms with E-state index in [9.17, 15) is 4.79 Å². The molecule has 24 heavy (non-hydrogen) atoms. The molecule has 2 rings (SSSR count). The SMILES string of the molecule is CC(C)CCOc1ccc(C(=O)N/N=C/c2cccc(Cl)c2)cc1. The molecule has 0 radical (unpaired) electrons. The number of carbonyl (C=O) groups is 1. The second-order valence-electron chi connectivity index (χ2n) is 5.81. The Balaban J connectivity index is 1.86. The third kappa shape index (κ3) is 6.05. The lowest BCUT2D eigenvalue weighted by molar-refractivity contribution is 0.0955. The summed E-state index contributed by atoms with van der Waals surface area (Å²) >= 11 is 5.89. The molecule has 4 nitrogen and oxygen atoms in total. The molecule has 1 N–H and O–H groups in total. The van der Waals surface area contributed by atoms with Gasteiger partial charge in [0, 0.05) is 10.6 Å². The Morgan fingerprint density at radius 2 is 2.00 bits per heavy atom. The van der Waals surface area contributed by atoms with Crippen molar-refractivity contribution >= 4 is 23.7 Å². The van der Waals surface area contributed by atoms with Gasteiger partial charge in [-0.05, 0) is 54.3 Å². The minimum absolute atomic E-state index is 0.276. The number of amides is 1. The fourth-order valence-electron chi connectivity index (χ4n) is 1.93. The molecule has 0 fully saturated rings. The fraction of sp³-hybridized carbons (Fsp3) is 0.263. The van der Waals surface area contributed by atoms with Gasteiger partial charge in [-0.2, -0.15) is 5.10 Å². The highest BCUT2D eigenvalue weighted by molar-refractivity contribution is 6.30. The highest BCUT2D eigenvalue weighted by Crippen LogP contribution is 2.13. The maximum atomic E-state index is 12.0. The summed E-state index contributed by atoms with van der Waals surface area (Å²) in [6, 6.07) is 14.2. The van der Waals surface area contributed by atoms with Crippen molar-refractivity contribution in [2.75, 3.05) is 6.61 Å². The standard InChI is InChI=1S/C19H21ClN2O2/c1-14(2)10-11-24-18-8-6-16(7-9-18)19(23)22-21-13-15-4-3-5-17(20)12-15/h3-9,12-14H,10-11H2,1-2H3,(H,22,23)/b21-13+. The Morgan fingerprint density at radius 1 is 1.25 bits per heavy atom. The maximum absolute atomic E-state index is 12.0. The smallest absolute Gasteiger partial charge is 0.271 e. The van der Waals surface area contributed by atoms with Gasteiger partial charge in [0.05, 0.1) is 12.8 Å². The topological polar surface area (TPSA) is 50.7 Å². The molecule has 0 heterocycles. The van der Waals surface area contributed by atoms with Gasteiger partial charge in [0.1, 0.15) is 5.75 Å².